The van der Waals surface area contributed by atoms with Crippen molar-refractivity contribution in [2.75, 3.05) is 17.8 Å². The average Bonchev–Trinajstić information content (AvgIpc) is 3.54. The Hall–Kier alpha value is -4.48. The number of para-hydroxylation sites is 1. The summed E-state index contributed by atoms with van der Waals surface area (Å²) in [5.41, 5.74) is 5.86. The van der Waals surface area contributed by atoms with Crippen molar-refractivity contribution in [2.45, 2.75) is 17.4 Å². The van der Waals surface area contributed by atoms with Crippen LogP contribution in [0.1, 0.15) is 17.2 Å². The minimum absolute atomic E-state index is 0.173. The minimum atomic E-state index is -3.76. The number of thiazole rings is 1. The summed E-state index contributed by atoms with van der Waals surface area (Å²) in [5.74, 6) is 0. The second kappa shape index (κ2) is 12.8. The molecule has 216 valence electrons. The summed E-state index contributed by atoms with van der Waals surface area (Å²) in [7, 11) is -3.76. The number of sulfonamides is 1. The van der Waals surface area contributed by atoms with Gasteiger partial charge in [0, 0.05) is 58.3 Å². The van der Waals surface area contributed by atoms with Crippen LogP contribution in [0.4, 0.5) is 5.69 Å². The van der Waals surface area contributed by atoms with E-state index >= 15 is 0 Å². The molecule has 0 radical (unpaired) electrons. The summed E-state index contributed by atoms with van der Waals surface area (Å²) in [6, 6.07) is 27.7. The monoisotopic (exact) mass is 607 g/mol. The highest BCUT2D eigenvalue weighted by atomic mass is 32.2. The molecular formula is C33H29N5O3S2. The lowest BCUT2D eigenvalue weighted by Crippen LogP contribution is -2.23. The van der Waals surface area contributed by atoms with Crippen molar-refractivity contribution in [1.29, 1.82) is 0 Å². The lowest BCUT2D eigenvalue weighted by Gasteiger charge is -2.12. The molecule has 3 heterocycles. The van der Waals surface area contributed by atoms with Crippen molar-refractivity contribution < 1.29 is 13.5 Å². The largest absolute Gasteiger partial charge is 0.387 e. The van der Waals surface area contributed by atoms with Gasteiger partial charge < -0.3 is 10.4 Å². The lowest BCUT2D eigenvalue weighted by atomic mass is 10.1. The van der Waals surface area contributed by atoms with E-state index in [9.17, 15) is 13.5 Å². The summed E-state index contributed by atoms with van der Waals surface area (Å²) in [5, 5.41) is 17.3. The van der Waals surface area contributed by atoms with Crippen LogP contribution in [0.2, 0.25) is 0 Å². The molecule has 0 aliphatic rings. The molecule has 3 aromatic heterocycles. The van der Waals surface area contributed by atoms with E-state index in [-0.39, 0.29) is 4.90 Å². The minimum Gasteiger partial charge on any atom is -0.387 e. The molecule has 1 atom stereocenters. The van der Waals surface area contributed by atoms with Crippen LogP contribution in [-0.4, -0.2) is 41.6 Å². The van der Waals surface area contributed by atoms with Crippen molar-refractivity contribution in [3.63, 3.8) is 0 Å². The third-order valence-corrected chi connectivity index (χ3v) is 9.29. The Morgan fingerprint density at radius 2 is 1.70 bits per heavy atom. The van der Waals surface area contributed by atoms with Crippen molar-refractivity contribution in [1.82, 2.24) is 20.3 Å². The first-order valence-corrected chi connectivity index (χ1v) is 16.1. The van der Waals surface area contributed by atoms with Gasteiger partial charge in [-0.2, -0.15) is 0 Å². The van der Waals surface area contributed by atoms with Gasteiger partial charge in [-0.05, 0) is 61.0 Å². The first-order valence-electron chi connectivity index (χ1n) is 13.8. The SMILES string of the molecule is O=S(=O)(Nc1ccc(CCNCC(O)c2cccnc2)cc1)c1ccc(-c2nc(-c3cnc4ccccc4c3)cs2)cc1. The summed E-state index contributed by atoms with van der Waals surface area (Å²) in [6.45, 7) is 1.10. The quantitative estimate of drug-likeness (QED) is 0.153. The molecule has 10 heteroatoms. The van der Waals surface area contributed by atoms with E-state index in [1.807, 2.05) is 54.0 Å². The molecule has 0 spiro atoms. The van der Waals surface area contributed by atoms with Gasteiger partial charge in [-0.1, -0.05) is 48.5 Å². The Kier molecular flexibility index (Phi) is 8.52. The number of pyridine rings is 2. The van der Waals surface area contributed by atoms with E-state index in [1.54, 1.807) is 54.9 Å². The summed E-state index contributed by atoms with van der Waals surface area (Å²) < 4.78 is 28.8. The summed E-state index contributed by atoms with van der Waals surface area (Å²) in [6.07, 6.45) is 5.27. The fraction of sp³-hybridized carbons (Fsp3) is 0.121. The lowest BCUT2D eigenvalue weighted by molar-refractivity contribution is 0.174. The van der Waals surface area contributed by atoms with Gasteiger partial charge in [0.05, 0.1) is 22.2 Å². The number of hydrogen-bond acceptors (Lipinski definition) is 8. The van der Waals surface area contributed by atoms with Gasteiger partial charge in [0.15, 0.2) is 0 Å². The van der Waals surface area contributed by atoms with Crippen LogP contribution in [0.5, 0.6) is 0 Å². The van der Waals surface area contributed by atoms with E-state index in [0.29, 0.717) is 18.8 Å². The van der Waals surface area contributed by atoms with Gasteiger partial charge in [0.1, 0.15) is 5.01 Å². The number of fused-ring (bicyclic) bond motifs is 1. The molecular weight excluding hydrogens is 579 g/mol. The van der Waals surface area contributed by atoms with E-state index in [4.69, 9.17) is 4.98 Å². The van der Waals surface area contributed by atoms with Crippen molar-refractivity contribution in [3.8, 4) is 21.8 Å². The Labute approximate surface area is 254 Å². The Bertz CT molecular complexity index is 1930. The maximum atomic E-state index is 13.1. The Morgan fingerprint density at radius 1 is 0.884 bits per heavy atom. The molecule has 0 aliphatic heterocycles. The molecule has 0 bridgehead atoms. The Morgan fingerprint density at radius 3 is 2.49 bits per heavy atom. The molecule has 3 aromatic carbocycles. The van der Waals surface area contributed by atoms with Crippen LogP contribution in [0.3, 0.4) is 0 Å². The number of nitrogens with zero attached hydrogens (tertiary/aromatic N) is 3. The molecule has 0 fully saturated rings. The molecule has 6 aromatic rings. The number of aliphatic hydroxyl groups is 1. The van der Waals surface area contributed by atoms with Crippen LogP contribution in [0.15, 0.2) is 120 Å². The van der Waals surface area contributed by atoms with Crippen LogP contribution >= 0.6 is 11.3 Å². The normalized spacial score (nSPS) is 12.3. The number of nitrogens with one attached hydrogen (secondary N) is 2. The molecule has 43 heavy (non-hydrogen) atoms. The van der Waals surface area contributed by atoms with Gasteiger partial charge in [-0.3, -0.25) is 14.7 Å². The third-order valence-electron chi connectivity index (χ3n) is 7.01. The maximum absolute atomic E-state index is 13.1. The number of rotatable bonds is 11. The standard InChI is InChI=1S/C33H29N5O3S2/c39-32(26-5-3-16-34-19-26)21-35-17-15-23-7-11-28(12-8-23)38-43(40,41)29-13-9-24(10-14-29)33-37-31(22-42-33)27-18-25-4-1-2-6-30(25)36-20-27/h1-14,16,18-20,22,32,35,38-39H,15,17,21H2. The van der Waals surface area contributed by atoms with Crippen LogP contribution in [0.25, 0.3) is 32.7 Å². The predicted molar refractivity (Wildman–Crippen MR) is 171 cm³/mol. The molecule has 0 saturated heterocycles. The molecule has 1 unspecified atom stereocenters. The first kappa shape index (κ1) is 28.6. The second-order valence-electron chi connectivity index (χ2n) is 10.0. The van der Waals surface area contributed by atoms with Crippen LogP contribution in [0, 0.1) is 0 Å². The fourth-order valence-electron chi connectivity index (χ4n) is 4.64. The highest BCUT2D eigenvalue weighted by Crippen LogP contribution is 2.30. The van der Waals surface area contributed by atoms with E-state index in [0.717, 1.165) is 50.3 Å². The molecule has 3 N–H and O–H groups in total. The highest BCUT2D eigenvalue weighted by molar-refractivity contribution is 7.92. The van der Waals surface area contributed by atoms with Gasteiger partial charge in [0.2, 0.25) is 0 Å². The number of aliphatic hydroxyl groups excluding tert-OH is 1. The van der Waals surface area contributed by atoms with Crippen molar-refractivity contribution >= 4 is 38.0 Å². The van der Waals surface area contributed by atoms with Crippen LogP contribution < -0.4 is 10.0 Å². The third kappa shape index (κ3) is 6.95. The zero-order valence-electron chi connectivity index (χ0n) is 23.1. The van der Waals surface area contributed by atoms with E-state index in [1.165, 1.54) is 11.3 Å². The van der Waals surface area contributed by atoms with E-state index in [2.05, 4.69) is 26.1 Å². The molecule has 0 saturated carbocycles. The number of hydrogen-bond donors (Lipinski definition) is 3. The maximum Gasteiger partial charge on any atom is 0.261 e. The molecule has 0 aliphatic carbocycles. The van der Waals surface area contributed by atoms with Gasteiger partial charge >= 0.3 is 0 Å². The fourth-order valence-corrected chi connectivity index (χ4v) is 6.54. The number of benzene rings is 3. The topological polar surface area (TPSA) is 117 Å². The zero-order chi connectivity index (χ0) is 29.6. The summed E-state index contributed by atoms with van der Waals surface area (Å²) >= 11 is 1.50. The second-order valence-corrected chi connectivity index (χ2v) is 12.6. The number of anilines is 1. The Balaban J connectivity index is 1.04. The molecule has 0 amide bonds. The first-order chi connectivity index (χ1) is 20.9. The van der Waals surface area contributed by atoms with Gasteiger partial charge in [-0.25, -0.2) is 13.4 Å². The van der Waals surface area contributed by atoms with Gasteiger partial charge in [0.25, 0.3) is 10.0 Å². The predicted octanol–water partition coefficient (Wildman–Crippen LogP) is 6.09. The number of aromatic nitrogens is 3. The average molecular weight is 608 g/mol. The van der Waals surface area contributed by atoms with Crippen molar-refractivity contribution in [2.24, 2.45) is 0 Å². The van der Waals surface area contributed by atoms with E-state index < -0.39 is 16.1 Å². The zero-order valence-corrected chi connectivity index (χ0v) is 24.7. The smallest absolute Gasteiger partial charge is 0.261 e. The molecule has 6 rings (SSSR count). The van der Waals surface area contributed by atoms with Crippen LogP contribution in [-0.2, 0) is 16.4 Å². The summed E-state index contributed by atoms with van der Waals surface area (Å²) in [4.78, 5) is 13.5. The van der Waals surface area contributed by atoms with Crippen molar-refractivity contribution in [3.05, 3.63) is 126 Å². The molecule has 8 nitrogen and oxygen atoms in total. The highest BCUT2D eigenvalue weighted by Gasteiger charge is 2.16. The van der Waals surface area contributed by atoms with Gasteiger partial charge in [-0.15, -0.1) is 11.3 Å².